The van der Waals surface area contributed by atoms with Gasteiger partial charge in [-0.1, -0.05) is 47.0 Å². The van der Waals surface area contributed by atoms with Crippen LogP contribution in [0.3, 0.4) is 0 Å². The molecule has 0 saturated heterocycles. The van der Waals surface area contributed by atoms with Crippen molar-refractivity contribution in [2.45, 2.75) is 59.8 Å². The number of nitrogens with one attached hydrogen (secondary N) is 1. The Kier molecular flexibility index (Phi) is 7.25. The third kappa shape index (κ3) is 5.27. The molecule has 0 spiro atoms. The van der Waals surface area contributed by atoms with E-state index in [1.54, 1.807) is 0 Å². The molecule has 0 aromatic heterocycles. The fourth-order valence-electron chi connectivity index (χ4n) is 3.38. The van der Waals surface area contributed by atoms with Crippen molar-refractivity contribution >= 4 is 0 Å². The lowest BCUT2D eigenvalue weighted by Gasteiger charge is -2.41. The molecular formula is C16H34N2. The summed E-state index contributed by atoms with van der Waals surface area (Å²) in [5.74, 6) is 0.782. The van der Waals surface area contributed by atoms with E-state index in [0.29, 0.717) is 5.41 Å². The number of rotatable bonds is 8. The second-order valence-corrected chi connectivity index (χ2v) is 6.56. The molecule has 1 N–H and O–H groups in total. The molecule has 1 fully saturated rings. The van der Waals surface area contributed by atoms with E-state index in [-0.39, 0.29) is 0 Å². The quantitative estimate of drug-likeness (QED) is 0.713. The highest BCUT2D eigenvalue weighted by molar-refractivity contribution is 4.87. The maximum absolute atomic E-state index is 3.61. The lowest BCUT2D eigenvalue weighted by molar-refractivity contribution is 0.0985. The minimum absolute atomic E-state index is 0.555. The fourth-order valence-corrected chi connectivity index (χ4v) is 3.38. The number of hydrogen-bond donors (Lipinski definition) is 1. The molecule has 0 aromatic rings. The standard InChI is InChI=1S/C16H34N2/c1-5-17-13-16(10-8-7-9-11-16)14-18(6-2)12-15(3)4/h15,17H,5-14H2,1-4H3. The van der Waals surface area contributed by atoms with E-state index in [1.165, 1.54) is 58.3 Å². The van der Waals surface area contributed by atoms with Crippen molar-refractivity contribution in [3.63, 3.8) is 0 Å². The van der Waals surface area contributed by atoms with E-state index in [2.05, 4.69) is 37.9 Å². The maximum atomic E-state index is 3.61. The van der Waals surface area contributed by atoms with Crippen molar-refractivity contribution in [3.05, 3.63) is 0 Å². The molecule has 0 aromatic carbocycles. The van der Waals surface area contributed by atoms with Gasteiger partial charge < -0.3 is 10.2 Å². The average Bonchev–Trinajstić information content (AvgIpc) is 2.36. The van der Waals surface area contributed by atoms with Gasteiger partial charge in [0, 0.05) is 19.6 Å². The van der Waals surface area contributed by atoms with Gasteiger partial charge in [-0.2, -0.15) is 0 Å². The van der Waals surface area contributed by atoms with Crippen molar-refractivity contribution in [2.75, 3.05) is 32.7 Å². The summed E-state index contributed by atoms with van der Waals surface area (Å²) in [5, 5.41) is 3.61. The molecule has 0 atom stereocenters. The first kappa shape index (κ1) is 16.0. The molecule has 1 aliphatic rings. The Hall–Kier alpha value is -0.0800. The zero-order valence-corrected chi connectivity index (χ0v) is 13.1. The summed E-state index contributed by atoms with van der Waals surface area (Å²) in [7, 11) is 0. The van der Waals surface area contributed by atoms with Crippen molar-refractivity contribution in [2.24, 2.45) is 11.3 Å². The van der Waals surface area contributed by atoms with Gasteiger partial charge in [0.2, 0.25) is 0 Å². The highest BCUT2D eigenvalue weighted by Crippen LogP contribution is 2.36. The van der Waals surface area contributed by atoms with E-state index in [9.17, 15) is 0 Å². The Morgan fingerprint density at radius 1 is 1.11 bits per heavy atom. The topological polar surface area (TPSA) is 15.3 Å². The second-order valence-electron chi connectivity index (χ2n) is 6.56. The summed E-state index contributed by atoms with van der Waals surface area (Å²) in [6.07, 6.45) is 7.17. The fraction of sp³-hybridized carbons (Fsp3) is 1.00. The molecule has 0 aliphatic heterocycles. The van der Waals surface area contributed by atoms with Gasteiger partial charge in [0.1, 0.15) is 0 Å². The van der Waals surface area contributed by atoms with Crippen LogP contribution in [0.2, 0.25) is 0 Å². The Morgan fingerprint density at radius 3 is 2.28 bits per heavy atom. The van der Waals surface area contributed by atoms with Gasteiger partial charge in [0.25, 0.3) is 0 Å². The van der Waals surface area contributed by atoms with Gasteiger partial charge in [-0.15, -0.1) is 0 Å². The first-order chi connectivity index (χ1) is 8.62. The third-order valence-electron chi connectivity index (χ3n) is 4.29. The summed E-state index contributed by atoms with van der Waals surface area (Å²) in [4.78, 5) is 2.67. The third-order valence-corrected chi connectivity index (χ3v) is 4.29. The van der Waals surface area contributed by atoms with Crippen LogP contribution in [0, 0.1) is 11.3 Å². The molecule has 1 rings (SSSR count). The minimum atomic E-state index is 0.555. The Balaban J connectivity index is 2.57. The van der Waals surface area contributed by atoms with Crippen molar-refractivity contribution in [1.29, 1.82) is 0 Å². The Bertz CT molecular complexity index is 207. The van der Waals surface area contributed by atoms with Crippen molar-refractivity contribution in [1.82, 2.24) is 10.2 Å². The summed E-state index contributed by atoms with van der Waals surface area (Å²) < 4.78 is 0. The molecule has 0 amide bonds. The van der Waals surface area contributed by atoms with Gasteiger partial charge in [-0.3, -0.25) is 0 Å². The smallest absolute Gasteiger partial charge is 0.00501 e. The molecule has 1 saturated carbocycles. The van der Waals surface area contributed by atoms with E-state index >= 15 is 0 Å². The molecule has 2 heteroatoms. The molecule has 2 nitrogen and oxygen atoms in total. The van der Waals surface area contributed by atoms with Crippen molar-refractivity contribution in [3.8, 4) is 0 Å². The van der Waals surface area contributed by atoms with Gasteiger partial charge in [-0.25, -0.2) is 0 Å². The first-order valence-electron chi connectivity index (χ1n) is 8.05. The highest BCUT2D eigenvalue weighted by atomic mass is 15.1. The van der Waals surface area contributed by atoms with Crippen molar-refractivity contribution < 1.29 is 0 Å². The molecule has 0 bridgehead atoms. The second kappa shape index (κ2) is 8.16. The van der Waals surface area contributed by atoms with Crippen LogP contribution in [-0.4, -0.2) is 37.6 Å². The van der Waals surface area contributed by atoms with Crippen LogP contribution in [0.4, 0.5) is 0 Å². The van der Waals surface area contributed by atoms with Gasteiger partial charge in [0.05, 0.1) is 0 Å². The van der Waals surface area contributed by atoms with Gasteiger partial charge >= 0.3 is 0 Å². The van der Waals surface area contributed by atoms with Gasteiger partial charge in [0.15, 0.2) is 0 Å². The molecule has 0 heterocycles. The van der Waals surface area contributed by atoms with Crippen LogP contribution >= 0.6 is 0 Å². The molecule has 0 unspecified atom stereocenters. The minimum Gasteiger partial charge on any atom is -0.316 e. The van der Waals surface area contributed by atoms with Crippen LogP contribution in [0.1, 0.15) is 59.8 Å². The monoisotopic (exact) mass is 254 g/mol. The maximum Gasteiger partial charge on any atom is 0.00501 e. The normalized spacial score (nSPS) is 19.7. The Morgan fingerprint density at radius 2 is 1.78 bits per heavy atom. The van der Waals surface area contributed by atoms with E-state index in [4.69, 9.17) is 0 Å². The largest absolute Gasteiger partial charge is 0.316 e. The van der Waals surface area contributed by atoms with Gasteiger partial charge in [-0.05, 0) is 37.3 Å². The molecule has 18 heavy (non-hydrogen) atoms. The average molecular weight is 254 g/mol. The summed E-state index contributed by atoms with van der Waals surface area (Å²) in [5.41, 5.74) is 0.555. The summed E-state index contributed by atoms with van der Waals surface area (Å²) >= 11 is 0. The predicted octanol–water partition coefficient (Wildman–Crippen LogP) is 3.52. The van der Waals surface area contributed by atoms with E-state index in [0.717, 1.165) is 12.5 Å². The van der Waals surface area contributed by atoms with E-state index < -0.39 is 0 Å². The zero-order valence-electron chi connectivity index (χ0n) is 13.1. The molecule has 1 aliphatic carbocycles. The van der Waals surface area contributed by atoms with Crippen LogP contribution in [0.25, 0.3) is 0 Å². The molecule has 0 radical (unpaired) electrons. The Labute approximate surface area is 115 Å². The van der Waals surface area contributed by atoms with Crippen LogP contribution < -0.4 is 5.32 Å². The zero-order chi connectivity index (χ0) is 13.4. The number of nitrogens with zero attached hydrogens (tertiary/aromatic N) is 1. The highest BCUT2D eigenvalue weighted by Gasteiger charge is 2.33. The lowest BCUT2D eigenvalue weighted by atomic mass is 9.73. The summed E-state index contributed by atoms with van der Waals surface area (Å²) in [6, 6.07) is 0. The molecular weight excluding hydrogens is 220 g/mol. The van der Waals surface area contributed by atoms with E-state index in [1.807, 2.05) is 0 Å². The number of hydrogen-bond acceptors (Lipinski definition) is 2. The summed E-state index contributed by atoms with van der Waals surface area (Å²) in [6.45, 7) is 15.3. The van der Waals surface area contributed by atoms with Crippen LogP contribution in [0.5, 0.6) is 0 Å². The van der Waals surface area contributed by atoms with Crippen LogP contribution in [-0.2, 0) is 0 Å². The predicted molar refractivity (Wildman–Crippen MR) is 81.0 cm³/mol. The first-order valence-corrected chi connectivity index (χ1v) is 8.05. The van der Waals surface area contributed by atoms with Crippen LogP contribution in [0.15, 0.2) is 0 Å². The lowest BCUT2D eigenvalue weighted by Crippen LogP contribution is -2.46. The molecule has 108 valence electrons. The SMILES string of the molecule is CCNCC1(CN(CC)CC(C)C)CCCCC1.